The molecule has 1 unspecified atom stereocenters. The molecule has 1 atom stereocenters. The van der Waals surface area contributed by atoms with Gasteiger partial charge in [-0.2, -0.15) is 0 Å². The van der Waals surface area contributed by atoms with Crippen molar-refractivity contribution in [1.29, 1.82) is 0 Å². The lowest BCUT2D eigenvalue weighted by Gasteiger charge is -2.23. The van der Waals surface area contributed by atoms with Crippen LogP contribution in [0.4, 0.5) is 5.69 Å². The number of nitrogens with zero attached hydrogens (tertiary/aromatic N) is 1. The van der Waals surface area contributed by atoms with E-state index in [0.717, 1.165) is 24.1 Å². The van der Waals surface area contributed by atoms with Gasteiger partial charge in [0, 0.05) is 25.2 Å². The van der Waals surface area contributed by atoms with Crippen LogP contribution >= 0.6 is 0 Å². The number of amides is 2. The Morgan fingerprint density at radius 3 is 2.31 bits per heavy atom. The van der Waals surface area contributed by atoms with Crippen LogP contribution in [0.2, 0.25) is 0 Å². The first-order valence-corrected chi connectivity index (χ1v) is 9.36. The van der Waals surface area contributed by atoms with E-state index in [2.05, 4.69) is 31.3 Å². The molecular formula is C22H26N2O2. The summed E-state index contributed by atoms with van der Waals surface area (Å²) in [6, 6.07) is 16.0. The lowest BCUT2D eigenvalue weighted by Crippen LogP contribution is -2.33. The summed E-state index contributed by atoms with van der Waals surface area (Å²) in [5, 5.41) is 2.97. The van der Waals surface area contributed by atoms with E-state index in [1.54, 1.807) is 0 Å². The predicted molar refractivity (Wildman–Crippen MR) is 104 cm³/mol. The second-order valence-electron chi connectivity index (χ2n) is 6.74. The van der Waals surface area contributed by atoms with Gasteiger partial charge in [-0.15, -0.1) is 0 Å². The Morgan fingerprint density at radius 2 is 1.69 bits per heavy atom. The summed E-state index contributed by atoms with van der Waals surface area (Å²) < 4.78 is 0. The molecule has 1 fully saturated rings. The molecule has 2 aromatic carbocycles. The number of aryl methyl sites for hydroxylation is 2. The third-order valence-electron chi connectivity index (χ3n) is 5.04. The Labute approximate surface area is 155 Å². The average molecular weight is 350 g/mol. The third-order valence-corrected chi connectivity index (χ3v) is 5.04. The molecular weight excluding hydrogens is 324 g/mol. The number of para-hydroxylation sites is 1. The van der Waals surface area contributed by atoms with Crippen molar-refractivity contribution in [3.63, 3.8) is 0 Å². The highest BCUT2D eigenvalue weighted by molar-refractivity contribution is 6.01. The van der Waals surface area contributed by atoms with E-state index in [-0.39, 0.29) is 24.2 Å². The molecule has 136 valence electrons. The monoisotopic (exact) mass is 350 g/mol. The van der Waals surface area contributed by atoms with Gasteiger partial charge in [-0.25, -0.2) is 0 Å². The molecule has 26 heavy (non-hydrogen) atoms. The van der Waals surface area contributed by atoms with E-state index in [0.29, 0.717) is 13.1 Å². The van der Waals surface area contributed by atoms with Gasteiger partial charge in [0.15, 0.2) is 0 Å². The number of rotatable bonds is 6. The maximum absolute atomic E-state index is 12.6. The van der Waals surface area contributed by atoms with Gasteiger partial charge in [-0.05, 0) is 29.5 Å². The van der Waals surface area contributed by atoms with Crippen LogP contribution < -0.4 is 10.2 Å². The number of carbonyl (C=O) groups is 2. The van der Waals surface area contributed by atoms with Crippen molar-refractivity contribution in [3.8, 4) is 0 Å². The zero-order valence-electron chi connectivity index (χ0n) is 15.5. The number of benzene rings is 2. The molecule has 2 amide bonds. The molecule has 3 rings (SSSR count). The SMILES string of the molecule is CCc1cccc(CC)c1N1CC(C(=O)NCc2ccccc2)CC1=O. The summed E-state index contributed by atoms with van der Waals surface area (Å²) in [7, 11) is 0. The van der Waals surface area contributed by atoms with E-state index >= 15 is 0 Å². The van der Waals surface area contributed by atoms with Crippen molar-refractivity contribution < 1.29 is 9.59 Å². The van der Waals surface area contributed by atoms with Gasteiger partial charge in [0.2, 0.25) is 11.8 Å². The number of nitrogens with one attached hydrogen (secondary N) is 1. The molecule has 1 N–H and O–H groups in total. The fourth-order valence-electron chi connectivity index (χ4n) is 3.59. The Kier molecular flexibility index (Phi) is 5.71. The smallest absolute Gasteiger partial charge is 0.227 e. The molecule has 4 nitrogen and oxygen atoms in total. The highest BCUT2D eigenvalue weighted by Crippen LogP contribution is 2.32. The third kappa shape index (κ3) is 3.79. The Hall–Kier alpha value is -2.62. The van der Waals surface area contributed by atoms with Gasteiger partial charge >= 0.3 is 0 Å². The van der Waals surface area contributed by atoms with Crippen LogP contribution in [-0.4, -0.2) is 18.4 Å². The number of hydrogen-bond donors (Lipinski definition) is 1. The van der Waals surface area contributed by atoms with Crippen LogP contribution in [-0.2, 0) is 29.0 Å². The predicted octanol–water partition coefficient (Wildman–Crippen LogP) is 3.48. The van der Waals surface area contributed by atoms with Crippen LogP contribution in [0, 0.1) is 5.92 Å². The molecule has 2 aromatic rings. The van der Waals surface area contributed by atoms with Crippen molar-refractivity contribution in [1.82, 2.24) is 5.32 Å². The summed E-state index contributed by atoms with van der Waals surface area (Å²) in [5.74, 6) is -0.293. The van der Waals surface area contributed by atoms with Gasteiger partial charge in [0.1, 0.15) is 0 Å². The Morgan fingerprint density at radius 1 is 1.04 bits per heavy atom. The second kappa shape index (κ2) is 8.17. The molecule has 4 heteroatoms. The van der Waals surface area contributed by atoms with E-state index in [1.807, 2.05) is 41.3 Å². The van der Waals surface area contributed by atoms with Crippen molar-refractivity contribution in [2.75, 3.05) is 11.4 Å². The number of anilines is 1. The molecule has 1 aliphatic rings. The lowest BCUT2D eigenvalue weighted by atomic mass is 10.0. The van der Waals surface area contributed by atoms with Crippen molar-refractivity contribution in [2.24, 2.45) is 5.92 Å². The second-order valence-corrected chi connectivity index (χ2v) is 6.74. The molecule has 0 aromatic heterocycles. The maximum atomic E-state index is 12.6. The normalized spacial score (nSPS) is 16.8. The molecule has 0 saturated carbocycles. The topological polar surface area (TPSA) is 49.4 Å². The largest absolute Gasteiger partial charge is 0.352 e. The van der Waals surface area contributed by atoms with Crippen LogP contribution in [0.25, 0.3) is 0 Å². The van der Waals surface area contributed by atoms with Crippen molar-refractivity contribution in [3.05, 3.63) is 65.2 Å². The van der Waals surface area contributed by atoms with Crippen LogP contribution in [0.1, 0.15) is 37.0 Å². The Bertz CT molecular complexity index is 764. The summed E-state index contributed by atoms with van der Waals surface area (Å²) in [6.07, 6.45) is 2.03. The number of hydrogen-bond acceptors (Lipinski definition) is 2. The highest BCUT2D eigenvalue weighted by Gasteiger charge is 2.36. The maximum Gasteiger partial charge on any atom is 0.227 e. The zero-order valence-corrected chi connectivity index (χ0v) is 15.5. The minimum Gasteiger partial charge on any atom is -0.352 e. The molecule has 1 saturated heterocycles. The van der Waals surface area contributed by atoms with Gasteiger partial charge in [0.05, 0.1) is 5.92 Å². The lowest BCUT2D eigenvalue weighted by molar-refractivity contribution is -0.126. The first-order chi connectivity index (χ1) is 12.6. The molecule has 0 bridgehead atoms. The van der Waals surface area contributed by atoms with E-state index in [9.17, 15) is 9.59 Å². The summed E-state index contributed by atoms with van der Waals surface area (Å²) in [4.78, 5) is 27.0. The summed E-state index contributed by atoms with van der Waals surface area (Å²) in [6.45, 7) is 5.16. The molecule has 0 spiro atoms. The van der Waals surface area contributed by atoms with E-state index in [4.69, 9.17) is 0 Å². The Balaban J connectivity index is 1.72. The minimum atomic E-state index is -0.291. The van der Waals surface area contributed by atoms with Gasteiger partial charge in [-0.1, -0.05) is 62.4 Å². The van der Waals surface area contributed by atoms with Gasteiger partial charge in [-0.3, -0.25) is 9.59 Å². The number of carbonyl (C=O) groups excluding carboxylic acids is 2. The van der Waals surface area contributed by atoms with Crippen LogP contribution in [0.3, 0.4) is 0 Å². The first kappa shape index (κ1) is 18.2. The van der Waals surface area contributed by atoms with Crippen molar-refractivity contribution >= 4 is 17.5 Å². The quantitative estimate of drug-likeness (QED) is 0.867. The average Bonchev–Trinajstić information content (AvgIpc) is 3.07. The van der Waals surface area contributed by atoms with Crippen molar-refractivity contribution in [2.45, 2.75) is 39.7 Å². The van der Waals surface area contributed by atoms with Crippen LogP contribution in [0.5, 0.6) is 0 Å². The fraction of sp³-hybridized carbons (Fsp3) is 0.364. The first-order valence-electron chi connectivity index (χ1n) is 9.36. The van der Waals surface area contributed by atoms with Gasteiger partial charge < -0.3 is 10.2 Å². The molecule has 0 aliphatic carbocycles. The van der Waals surface area contributed by atoms with Crippen LogP contribution in [0.15, 0.2) is 48.5 Å². The molecule has 1 aliphatic heterocycles. The van der Waals surface area contributed by atoms with E-state index < -0.39 is 0 Å². The summed E-state index contributed by atoms with van der Waals surface area (Å²) >= 11 is 0. The minimum absolute atomic E-state index is 0.0421. The highest BCUT2D eigenvalue weighted by atomic mass is 16.2. The summed E-state index contributed by atoms with van der Waals surface area (Å²) in [5.41, 5.74) is 4.42. The molecule has 0 radical (unpaired) electrons. The van der Waals surface area contributed by atoms with Gasteiger partial charge in [0.25, 0.3) is 0 Å². The zero-order chi connectivity index (χ0) is 18.5. The molecule has 1 heterocycles. The van der Waals surface area contributed by atoms with E-state index in [1.165, 1.54) is 11.1 Å². The standard InChI is InChI=1S/C22H26N2O2/c1-3-17-11-8-12-18(4-2)21(17)24-15-19(13-20(24)25)22(26)23-14-16-9-6-5-7-10-16/h5-12,19H,3-4,13-15H2,1-2H3,(H,23,26). The fourth-order valence-corrected chi connectivity index (χ4v) is 3.59.